The van der Waals surface area contributed by atoms with Crippen LogP contribution in [-0.4, -0.2) is 30.5 Å². The molecule has 1 aliphatic heterocycles. The second-order valence-corrected chi connectivity index (χ2v) is 7.93. The second kappa shape index (κ2) is 9.57. The molecule has 1 saturated heterocycles. The van der Waals surface area contributed by atoms with Crippen LogP contribution in [0.3, 0.4) is 0 Å². The molecule has 0 radical (unpaired) electrons. The molecule has 0 spiro atoms. The highest BCUT2D eigenvalue weighted by molar-refractivity contribution is 6.51. The monoisotopic (exact) mass is 481 g/mol. The van der Waals surface area contributed by atoms with E-state index in [0.29, 0.717) is 28.6 Å². The van der Waals surface area contributed by atoms with Crippen LogP contribution in [-0.2, 0) is 9.59 Å². The fourth-order valence-electron chi connectivity index (χ4n) is 3.94. The molecule has 1 heterocycles. The number of amides is 1. The van der Waals surface area contributed by atoms with Crippen LogP contribution in [0, 0.1) is 5.82 Å². The van der Waals surface area contributed by atoms with E-state index < -0.39 is 29.3 Å². The number of carbonyl (C=O) groups excluding carboxylic acids is 2. The smallest absolute Gasteiger partial charge is 0.300 e. The van der Waals surface area contributed by atoms with Crippen molar-refractivity contribution in [2.75, 3.05) is 18.6 Å². The number of hydrogen-bond donors (Lipinski definition) is 1. The number of carbonyl (C=O) groups is 2. The SMILES string of the molecule is CCOc1ccc(N2C(=O)C(=O)/C(=C(/O)c3cc(F)ccc3OC)C2c2ccc(Cl)cc2)cc1. The molecule has 0 saturated carbocycles. The van der Waals surface area contributed by atoms with Gasteiger partial charge in [-0.3, -0.25) is 14.5 Å². The maximum Gasteiger partial charge on any atom is 0.300 e. The maximum absolute atomic E-state index is 14.0. The van der Waals surface area contributed by atoms with Gasteiger partial charge in [0.05, 0.1) is 30.9 Å². The lowest BCUT2D eigenvalue weighted by Gasteiger charge is -2.25. The molecule has 6 nitrogen and oxygen atoms in total. The van der Waals surface area contributed by atoms with Crippen LogP contribution in [0.15, 0.2) is 72.3 Å². The summed E-state index contributed by atoms with van der Waals surface area (Å²) >= 11 is 6.05. The minimum Gasteiger partial charge on any atom is -0.507 e. The first-order valence-electron chi connectivity index (χ1n) is 10.5. The molecule has 0 aliphatic carbocycles. The van der Waals surface area contributed by atoms with E-state index in [1.54, 1.807) is 48.5 Å². The largest absolute Gasteiger partial charge is 0.507 e. The van der Waals surface area contributed by atoms with Gasteiger partial charge in [-0.15, -0.1) is 0 Å². The van der Waals surface area contributed by atoms with Crippen molar-refractivity contribution in [2.24, 2.45) is 0 Å². The number of ether oxygens (including phenoxy) is 2. The number of hydrogen-bond acceptors (Lipinski definition) is 5. The number of halogens is 2. The quantitative estimate of drug-likeness (QED) is 0.285. The van der Waals surface area contributed by atoms with Crippen molar-refractivity contribution in [1.82, 2.24) is 0 Å². The second-order valence-electron chi connectivity index (χ2n) is 7.49. The Bertz CT molecular complexity index is 1270. The summed E-state index contributed by atoms with van der Waals surface area (Å²) < 4.78 is 24.7. The van der Waals surface area contributed by atoms with E-state index in [4.69, 9.17) is 21.1 Å². The van der Waals surface area contributed by atoms with E-state index in [-0.39, 0.29) is 16.9 Å². The normalized spacial score (nSPS) is 17.2. The van der Waals surface area contributed by atoms with E-state index >= 15 is 0 Å². The van der Waals surface area contributed by atoms with Gasteiger partial charge in [0, 0.05) is 10.7 Å². The molecule has 1 amide bonds. The van der Waals surface area contributed by atoms with Crippen molar-refractivity contribution < 1.29 is 28.6 Å². The third-order valence-corrected chi connectivity index (χ3v) is 5.72. The summed E-state index contributed by atoms with van der Waals surface area (Å²) in [7, 11) is 1.36. The zero-order valence-electron chi connectivity index (χ0n) is 18.4. The van der Waals surface area contributed by atoms with Crippen molar-refractivity contribution in [3.8, 4) is 11.5 Å². The molecule has 34 heavy (non-hydrogen) atoms. The maximum atomic E-state index is 14.0. The van der Waals surface area contributed by atoms with Gasteiger partial charge >= 0.3 is 0 Å². The molecular weight excluding hydrogens is 461 g/mol. The van der Waals surface area contributed by atoms with Crippen molar-refractivity contribution in [3.63, 3.8) is 0 Å². The molecule has 0 bridgehead atoms. The van der Waals surface area contributed by atoms with Crippen LogP contribution in [0.4, 0.5) is 10.1 Å². The first-order valence-corrected chi connectivity index (χ1v) is 10.9. The Labute approximate surface area is 200 Å². The summed E-state index contributed by atoms with van der Waals surface area (Å²) in [4.78, 5) is 27.7. The predicted molar refractivity (Wildman–Crippen MR) is 127 cm³/mol. The molecule has 3 aromatic carbocycles. The molecule has 1 aliphatic rings. The van der Waals surface area contributed by atoms with Gasteiger partial charge in [-0.1, -0.05) is 23.7 Å². The molecule has 4 rings (SSSR count). The average molecular weight is 482 g/mol. The van der Waals surface area contributed by atoms with Gasteiger partial charge < -0.3 is 14.6 Å². The molecule has 1 unspecified atom stereocenters. The Kier molecular flexibility index (Phi) is 6.56. The standard InChI is InChI=1S/C26H21ClFNO5/c1-3-34-19-11-9-18(10-12-19)29-23(15-4-6-16(27)7-5-15)22(25(31)26(29)32)24(30)20-14-17(28)8-13-21(20)33-2/h4-14,23,30H,3H2,1-2H3/b24-22+. The third-order valence-electron chi connectivity index (χ3n) is 5.47. The molecular formula is C26H21ClFNO5. The summed E-state index contributed by atoms with van der Waals surface area (Å²) in [5, 5.41) is 11.7. The molecule has 0 aromatic heterocycles. The van der Waals surface area contributed by atoms with Crippen LogP contribution >= 0.6 is 11.6 Å². The van der Waals surface area contributed by atoms with Gasteiger partial charge in [0.2, 0.25) is 0 Å². The van der Waals surface area contributed by atoms with Crippen LogP contribution in [0.2, 0.25) is 5.02 Å². The summed E-state index contributed by atoms with van der Waals surface area (Å²) in [6, 6.07) is 15.8. The zero-order valence-corrected chi connectivity index (χ0v) is 19.2. The summed E-state index contributed by atoms with van der Waals surface area (Å²) in [6.45, 7) is 2.33. The van der Waals surface area contributed by atoms with Crippen molar-refractivity contribution in [1.29, 1.82) is 0 Å². The number of benzene rings is 3. The van der Waals surface area contributed by atoms with E-state index in [2.05, 4.69) is 0 Å². The lowest BCUT2D eigenvalue weighted by Crippen LogP contribution is -2.29. The van der Waals surface area contributed by atoms with Crippen LogP contribution in [0.25, 0.3) is 5.76 Å². The van der Waals surface area contributed by atoms with E-state index in [9.17, 15) is 19.1 Å². The molecule has 3 aromatic rings. The number of anilines is 1. The minimum atomic E-state index is -0.983. The van der Waals surface area contributed by atoms with E-state index in [1.165, 1.54) is 24.1 Å². The van der Waals surface area contributed by atoms with Gasteiger partial charge in [0.15, 0.2) is 0 Å². The number of ketones is 1. The van der Waals surface area contributed by atoms with Crippen molar-refractivity contribution in [3.05, 3.63) is 94.3 Å². The molecule has 8 heteroatoms. The summed E-state index contributed by atoms with van der Waals surface area (Å²) in [5.41, 5.74) is 0.737. The number of aliphatic hydroxyl groups excluding tert-OH is 1. The Morgan fingerprint density at radius 3 is 2.35 bits per heavy atom. The van der Waals surface area contributed by atoms with Gasteiger partial charge in [-0.2, -0.15) is 0 Å². The van der Waals surface area contributed by atoms with Crippen LogP contribution in [0.5, 0.6) is 11.5 Å². The summed E-state index contributed by atoms with van der Waals surface area (Å²) in [5.74, 6) is -2.15. The highest BCUT2D eigenvalue weighted by atomic mass is 35.5. The number of methoxy groups -OCH3 is 1. The topological polar surface area (TPSA) is 76.1 Å². The lowest BCUT2D eigenvalue weighted by atomic mass is 9.95. The zero-order chi connectivity index (χ0) is 24.4. The fraction of sp³-hybridized carbons (Fsp3) is 0.154. The Hall–Kier alpha value is -3.84. The first kappa shape index (κ1) is 23.3. The fourth-order valence-corrected chi connectivity index (χ4v) is 4.07. The third kappa shape index (κ3) is 4.22. The van der Waals surface area contributed by atoms with E-state index in [1.807, 2.05) is 6.92 Å². The molecule has 1 fully saturated rings. The highest BCUT2D eigenvalue weighted by Gasteiger charge is 2.47. The van der Waals surface area contributed by atoms with Crippen molar-refractivity contribution >= 4 is 34.7 Å². The Morgan fingerprint density at radius 2 is 1.74 bits per heavy atom. The molecule has 174 valence electrons. The Balaban J connectivity index is 1.93. The molecule has 1 atom stereocenters. The highest BCUT2D eigenvalue weighted by Crippen LogP contribution is 2.43. The van der Waals surface area contributed by atoms with Gasteiger partial charge in [-0.05, 0) is 67.1 Å². The lowest BCUT2D eigenvalue weighted by molar-refractivity contribution is -0.132. The van der Waals surface area contributed by atoms with Crippen molar-refractivity contribution in [2.45, 2.75) is 13.0 Å². The van der Waals surface area contributed by atoms with E-state index in [0.717, 1.165) is 6.07 Å². The molecule has 1 N–H and O–H groups in total. The first-order chi connectivity index (χ1) is 16.3. The van der Waals surface area contributed by atoms with Gasteiger partial charge in [0.1, 0.15) is 23.1 Å². The van der Waals surface area contributed by atoms with Crippen LogP contribution in [0.1, 0.15) is 24.1 Å². The van der Waals surface area contributed by atoms with Gasteiger partial charge in [0.25, 0.3) is 11.7 Å². The predicted octanol–water partition coefficient (Wildman–Crippen LogP) is 5.51. The van der Waals surface area contributed by atoms with Gasteiger partial charge in [-0.25, -0.2) is 4.39 Å². The van der Waals surface area contributed by atoms with Crippen LogP contribution < -0.4 is 14.4 Å². The number of Topliss-reactive ketones (excluding diaryl/α,β-unsaturated/α-hetero) is 1. The number of aliphatic hydroxyl groups is 1. The number of nitrogens with zero attached hydrogens (tertiary/aromatic N) is 1. The average Bonchev–Trinajstić information content (AvgIpc) is 3.10. The summed E-state index contributed by atoms with van der Waals surface area (Å²) in [6.07, 6.45) is 0. The Morgan fingerprint density at radius 1 is 1.06 bits per heavy atom. The minimum absolute atomic E-state index is 0.0360. The number of rotatable bonds is 6.